The van der Waals surface area contributed by atoms with Gasteiger partial charge >= 0.3 is 39.5 Å². The highest BCUT2D eigenvalue weighted by molar-refractivity contribution is 7.47. The quantitative estimate of drug-likeness (QED) is 0.0222. The van der Waals surface area contributed by atoms with Crippen molar-refractivity contribution in [2.45, 2.75) is 420 Å². The molecule has 0 aliphatic heterocycles. The molecule has 3 N–H and O–H groups in total. The molecule has 0 rings (SSSR count). The summed E-state index contributed by atoms with van der Waals surface area (Å²) < 4.78 is 68.6. The average molecular weight is 1420 g/mol. The van der Waals surface area contributed by atoms with Gasteiger partial charge in [0.2, 0.25) is 0 Å². The van der Waals surface area contributed by atoms with Gasteiger partial charge in [-0.25, -0.2) is 9.13 Å². The van der Waals surface area contributed by atoms with Crippen LogP contribution in [0.1, 0.15) is 402 Å². The molecule has 3 unspecified atom stereocenters. The molecule has 0 radical (unpaired) electrons. The molecule has 0 amide bonds. The van der Waals surface area contributed by atoms with Crippen LogP contribution in [0.15, 0.2) is 0 Å². The first-order valence-corrected chi connectivity index (χ1v) is 43.4. The Hall–Kier alpha value is -1.94. The molecule has 0 aromatic heterocycles. The number of ether oxygens (including phenoxy) is 4. The number of unbranched alkanes of at least 4 members (excludes halogenated alkanes) is 43. The van der Waals surface area contributed by atoms with Crippen molar-refractivity contribution < 1.29 is 80.2 Å². The van der Waals surface area contributed by atoms with Crippen molar-refractivity contribution in [3.05, 3.63) is 0 Å². The van der Waals surface area contributed by atoms with E-state index in [9.17, 15) is 43.2 Å². The molecule has 97 heavy (non-hydrogen) atoms. The van der Waals surface area contributed by atoms with Gasteiger partial charge in [-0.3, -0.25) is 37.3 Å². The van der Waals surface area contributed by atoms with Crippen molar-refractivity contribution in [2.24, 2.45) is 17.8 Å². The first-order chi connectivity index (χ1) is 46.8. The number of phosphoric ester groups is 2. The number of phosphoric acid groups is 2. The van der Waals surface area contributed by atoms with Gasteiger partial charge in [0.15, 0.2) is 12.2 Å². The van der Waals surface area contributed by atoms with Crippen molar-refractivity contribution in [2.75, 3.05) is 39.6 Å². The van der Waals surface area contributed by atoms with Crippen molar-refractivity contribution >= 4 is 39.5 Å². The molecule has 0 aromatic rings. The second-order valence-electron chi connectivity index (χ2n) is 29.3. The Bertz CT molecular complexity index is 1890. The first-order valence-electron chi connectivity index (χ1n) is 40.4. The Morgan fingerprint density at radius 3 is 0.784 bits per heavy atom. The molecule has 0 aromatic carbocycles. The van der Waals surface area contributed by atoms with Crippen LogP contribution in [0.25, 0.3) is 0 Å². The highest BCUT2D eigenvalue weighted by atomic mass is 31.2. The Morgan fingerprint density at radius 2 is 0.526 bits per heavy atom. The van der Waals surface area contributed by atoms with Crippen LogP contribution in [-0.2, 0) is 65.4 Å². The normalized spacial score (nSPS) is 14.3. The summed E-state index contributed by atoms with van der Waals surface area (Å²) in [7, 11) is -9.92. The molecular weight excluding hydrogens is 1270 g/mol. The number of esters is 4. The van der Waals surface area contributed by atoms with Crippen molar-refractivity contribution in [1.29, 1.82) is 0 Å². The summed E-state index contributed by atoms with van der Waals surface area (Å²) in [6.45, 7) is 11.9. The lowest BCUT2D eigenvalue weighted by Crippen LogP contribution is -2.30. The SMILES string of the molecule is CCCCCCCCCCCCCCCCCCC(=O)OC[C@H](COP(=O)(O)OC[C@@H](O)COP(=O)(O)OC[C@@H](COC(=O)CCCCCCCCCC(C)C)OC(=O)CCCCCCCCCCC(C)CC)OC(=O)CCCCCCCCCCCCCCCCCCC(C)C. The molecular formula is C78H152O17P2. The second kappa shape index (κ2) is 68.5. The van der Waals surface area contributed by atoms with Crippen LogP contribution >= 0.6 is 15.6 Å². The zero-order chi connectivity index (χ0) is 71.6. The van der Waals surface area contributed by atoms with E-state index in [2.05, 4.69) is 48.5 Å². The number of carbonyl (C=O) groups excluding carboxylic acids is 4. The lowest BCUT2D eigenvalue weighted by molar-refractivity contribution is -0.161. The van der Waals surface area contributed by atoms with Crippen molar-refractivity contribution in [3.8, 4) is 0 Å². The van der Waals surface area contributed by atoms with E-state index in [1.54, 1.807) is 0 Å². The van der Waals surface area contributed by atoms with E-state index >= 15 is 0 Å². The van der Waals surface area contributed by atoms with Crippen molar-refractivity contribution in [1.82, 2.24) is 0 Å². The van der Waals surface area contributed by atoms with Gasteiger partial charge in [0, 0.05) is 25.7 Å². The number of rotatable bonds is 76. The summed E-state index contributed by atoms with van der Waals surface area (Å²) in [5.41, 5.74) is 0. The third-order valence-corrected chi connectivity index (χ3v) is 20.4. The molecule has 19 heteroatoms. The van der Waals surface area contributed by atoms with Crippen LogP contribution in [0, 0.1) is 17.8 Å². The molecule has 576 valence electrons. The fourth-order valence-electron chi connectivity index (χ4n) is 11.9. The molecule has 0 bridgehead atoms. The lowest BCUT2D eigenvalue weighted by Gasteiger charge is -2.21. The summed E-state index contributed by atoms with van der Waals surface area (Å²) in [6, 6.07) is 0. The fourth-order valence-corrected chi connectivity index (χ4v) is 13.5. The second-order valence-corrected chi connectivity index (χ2v) is 32.2. The van der Waals surface area contributed by atoms with E-state index < -0.39 is 97.5 Å². The maximum atomic E-state index is 13.1. The molecule has 0 heterocycles. The highest BCUT2D eigenvalue weighted by Crippen LogP contribution is 2.45. The molecule has 0 saturated heterocycles. The predicted octanol–water partition coefficient (Wildman–Crippen LogP) is 23.0. The lowest BCUT2D eigenvalue weighted by atomic mass is 9.99. The standard InChI is InChI=1S/C78H152O17P2/c1-8-10-11-12-13-14-15-16-17-21-24-27-30-38-45-52-59-75(80)88-65-73(94-77(82)61-54-47-39-31-28-25-22-19-18-20-23-26-29-35-42-49-56-69(3)4)67-92-96(84,85)90-63-72(79)64-91-97(86,87)93-68-74(66-89-76(81)60-53-46-41-34-36-43-50-57-70(5)6)95-78(83)62-55-48-40-33-32-37-44-51-58-71(7)9-2/h69-74,79H,8-68H2,1-7H3,(H,84,85)(H,86,87)/t71?,72-,73-,74-/m1/s1. The largest absolute Gasteiger partial charge is 0.472 e. The van der Waals surface area contributed by atoms with E-state index in [1.807, 2.05) is 0 Å². The fraction of sp³-hybridized carbons (Fsp3) is 0.949. The third-order valence-electron chi connectivity index (χ3n) is 18.5. The predicted molar refractivity (Wildman–Crippen MR) is 395 cm³/mol. The van der Waals surface area contributed by atoms with Gasteiger partial charge in [-0.1, -0.05) is 350 Å². The molecule has 0 aliphatic rings. The van der Waals surface area contributed by atoms with Gasteiger partial charge in [0.1, 0.15) is 19.3 Å². The monoisotopic (exact) mass is 1420 g/mol. The number of hydrogen-bond acceptors (Lipinski definition) is 15. The highest BCUT2D eigenvalue weighted by Gasteiger charge is 2.30. The smallest absolute Gasteiger partial charge is 0.462 e. The minimum absolute atomic E-state index is 0.104. The summed E-state index contributed by atoms with van der Waals surface area (Å²) in [4.78, 5) is 72.9. The Kier molecular flexibility index (Phi) is 67.1. The molecule has 0 fully saturated rings. The minimum Gasteiger partial charge on any atom is -0.462 e. The summed E-state index contributed by atoms with van der Waals surface area (Å²) in [6.07, 6.45) is 55.6. The maximum absolute atomic E-state index is 13.1. The summed E-state index contributed by atoms with van der Waals surface area (Å²) in [5, 5.41) is 10.6. The third kappa shape index (κ3) is 70.9. The summed E-state index contributed by atoms with van der Waals surface area (Å²) in [5.74, 6) is 0.167. The van der Waals surface area contributed by atoms with E-state index in [0.29, 0.717) is 31.6 Å². The zero-order valence-electron chi connectivity index (χ0n) is 63.5. The van der Waals surface area contributed by atoms with E-state index in [-0.39, 0.29) is 25.7 Å². The zero-order valence-corrected chi connectivity index (χ0v) is 65.3. The van der Waals surface area contributed by atoms with E-state index in [4.69, 9.17) is 37.0 Å². The van der Waals surface area contributed by atoms with Crippen LogP contribution < -0.4 is 0 Å². The van der Waals surface area contributed by atoms with Crippen LogP contribution in [0.5, 0.6) is 0 Å². The van der Waals surface area contributed by atoms with E-state index in [1.165, 1.54) is 205 Å². The average Bonchev–Trinajstić information content (AvgIpc) is 1.19. The Balaban J connectivity index is 5.24. The minimum atomic E-state index is -4.96. The van der Waals surface area contributed by atoms with Gasteiger partial charge in [-0.15, -0.1) is 0 Å². The Labute approximate surface area is 594 Å². The first kappa shape index (κ1) is 95.1. The van der Waals surface area contributed by atoms with Crippen LogP contribution in [-0.4, -0.2) is 96.7 Å². The van der Waals surface area contributed by atoms with Crippen molar-refractivity contribution in [3.63, 3.8) is 0 Å². The van der Waals surface area contributed by atoms with Gasteiger partial charge in [-0.2, -0.15) is 0 Å². The van der Waals surface area contributed by atoms with Crippen LogP contribution in [0.3, 0.4) is 0 Å². The van der Waals surface area contributed by atoms with Crippen LogP contribution in [0.4, 0.5) is 0 Å². The molecule has 17 nitrogen and oxygen atoms in total. The van der Waals surface area contributed by atoms with E-state index in [0.717, 1.165) is 108 Å². The number of hydrogen-bond donors (Lipinski definition) is 3. The summed E-state index contributed by atoms with van der Waals surface area (Å²) >= 11 is 0. The maximum Gasteiger partial charge on any atom is 0.472 e. The molecule has 0 saturated carbocycles. The van der Waals surface area contributed by atoms with Gasteiger partial charge < -0.3 is 33.8 Å². The molecule has 6 atom stereocenters. The number of aliphatic hydroxyl groups excluding tert-OH is 1. The van der Waals surface area contributed by atoms with Gasteiger partial charge in [0.05, 0.1) is 26.4 Å². The molecule has 0 aliphatic carbocycles. The van der Waals surface area contributed by atoms with Gasteiger partial charge in [0.25, 0.3) is 0 Å². The molecule has 0 spiro atoms. The van der Waals surface area contributed by atoms with Gasteiger partial charge in [-0.05, 0) is 43.4 Å². The number of aliphatic hydroxyl groups is 1. The topological polar surface area (TPSA) is 237 Å². The van der Waals surface area contributed by atoms with Crippen LogP contribution in [0.2, 0.25) is 0 Å². The Morgan fingerprint density at radius 1 is 0.299 bits per heavy atom. The number of carbonyl (C=O) groups is 4.